The summed E-state index contributed by atoms with van der Waals surface area (Å²) in [7, 11) is 0. The van der Waals surface area contributed by atoms with Gasteiger partial charge in [0.1, 0.15) is 0 Å². The molecule has 2 saturated heterocycles. The molecule has 1 aromatic rings. The van der Waals surface area contributed by atoms with E-state index >= 15 is 0 Å². The highest BCUT2D eigenvalue weighted by atomic mass is 16.2. The topological polar surface area (TPSA) is 52.7 Å². The lowest BCUT2D eigenvalue weighted by Crippen LogP contribution is -2.58. The Balaban J connectivity index is 1.75. The summed E-state index contributed by atoms with van der Waals surface area (Å²) >= 11 is 0. The predicted molar refractivity (Wildman–Crippen MR) is 103 cm³/mol. The maximum absolute atomic E-state index is 13.1. The van der Waals surface area contributed by atoms with Gasteiger partial charge in [0.2, 0.25) is 11.8 Å². The van der Waals surface area contributed by atoms with Crippen LogP contribution in [0.3, 0.4) is 0 Å². The summed E-state index contributed by atoms with van der Waals surface area (Å²) < 4.78 is 0. The number of benzene rings is 1. The van der Waals surface area contributed by atoms with Crippen LogP contribution in [0.4, 0.5) is 0 Å². The van der Waals surface area contributed by atoms with Gasteiger partial charge in [0.15, 0.2) is 0 Å². The summed E-state index contributed by atoms with van der Waals surface area (Å²) in [5.74, 6) is 0.0821. The second-order valence-corrected chi connectivity index (χ2v) is 7.93. The largest absolute Gasteiger partial charge is 0.353 e. The van der Waals surface area contributed by atoms with Crippen LogP contribution >= 0.6 is 0 Å². The van der Waals surface area contributed by atoms with E-state index in [1.165, 1.54) is 16.7 Å². The molecule has 2 atom stereocenters. The van der Waals surface area contributed by atoms with E-state index in [9.17, 15) is 9.59 Å². The highest BCUT2D eigenvalue weighted by Crippen LogP contribution is 2.33. The Hall–Kier alpha value is -1.88. The number of rotatable bonds is 4. The van der Waals surface area contributed by atoms with Crippen LogP contribution in [0.1, 0.15) is 55.8 Å². The first-order valence-electron chi connectivity index (χ1n) is 9.78. The van der Waals surface area contributed by atoms with Crippen LogP contribution < -0.4 is 5.32 Å². The van der Waals surface area contributed by atoms with Gasteiger partial charge in [-0.2, -0.15) is 0 Å². The van der Waals surface area contributed by atoms with Crippen LogP contribution in [0.15, 0.2) is 18.2 Å². The van der Waals surface area contributed by atoms with Gasteiger partial charge >= 0.3 is 0 Å². The Kier molecular flexibility index (Phi) is 5.66. The molecule has 0 aliphatic carbocycles. The van der Waals surface area contributed by atoms with Crippen LogP contribution in [0.25, 0.3) is 0 Å². The molecule has 0 aromatic heterocycles. The molecule has 5 heteroatoms. The molecule has 0 radical (unpaired) electrons. The molecule has 3 rings (SSSR count). The van der Waals surface area contributed by atoms with E-state index in [2.05, 4.69) is 56.1 Å². The molecule has 1 aromatic carbocycles. The average Bonchev–Trinajstić information content (AvgIpc) is 3.08. The van der Waals surface area contributed by atoms with Crippen molar-refractivity contribution < 1.29 is 9.59 Å². The Bertz CT molecular complexity index is 686. The fraction of sp³-hybridized carbons (Fsp3) is 0.619. The number of piperazine rings is 1. The Morgan fingerprint density at radius 1 is 1.23 bits per heavy atom. The number of hydrogen-bond donors (Lipinski definition) is 1. The average molecular weight is 357 g/mol. The van der Waals surface area contributed by atoms with E-state index < -0.39 is 0 Å². The first-order valence-corrected chi connectivity index (χ1v) is 9.78. The van der Waals surface area contributed by atoms with E-state index in [-0.39, 0.29) is 36.4 Å². The summed E-state index contributed by atoms with van der Waals surface area (Å²) in [6.07, 6.45) is 2.29. The van der Waals surface area contributed by atoms with Crippen molar-refractivity contribution in [2.75, 3.05) is 19.6 Å². The third-order valence-corrected chi connectivity index (χ3v) is 5.89. The Morgan fingerprint density at radius 3 is 2.69 bits per heavy atom. The maximum atomic E-state index is 13.1. The lowest BCUT2D eigenvalue weighted by Gasteiger charge is -2.38. The summed E-state index contributed by atoms with van der Waals surface area (Å²) in [6.45, 7) is 10.7. The molecular weight excluding hydrogens is 326 g/mol. The number of amides is 2. The number of carbonyl (C=O) groups is 2. The van der Waals surface area contributed by atoms with Crippen molar-refractivity contribution in [1.82, 2.24) is 15.1 Å². The molecule has 0 bridgehead atoms. The minimum Gasteiger partial charge on any atom is -0.353 e. The highest BCUT2D eigenvalue weighted by Gasteiger charge is 2.37. The van der Waals surface area contributed by atoms with Crippen molar-refractivity contribution in [2.24, 2.45) is 0 Å². The van der Waals surface area contributed by atoms with Crippen molar-refractivity contribution in [3.8, 4) is 0 Å². The summed E-state index contributed by atoms with van der Waals surface area (Å²) in [6, 6.07) is 6.54. The molecule has 0 spiro atoms. The summed E-state index contributed by atoms with van der Waals surface area (Å²) in [5, 5.41) is 2.92. The van der Waals surface area contributed by atoms with Crippen LogP contribution in [0.5, 0.6) is 0 Å². The van der Waals surface area contributed by atoms with E-state index in [0.29, 0.717) is 6.54 Å². The third-order valence-electron chi connectivity index (χ3n) is 5.89. The van der Waals surface area contributed by atoms with Crippen LogP contribution in [-0.4, -0.2) is 53.3 Å². The third kappa shape index (κ3) is 3.78. The molecule has 2 amide bonds. The smallest absolute Gasteiger partial charge is 0.237 e. The minimum atomic E-state index is -0.350. The standard InChI is InChI=1S/C21H31N3O2/c1-14(2)23-11-9-22-21(26)19(23)13-20(25)24-10-5-6-18(24)17-8-7-15(3)16(4)12-17/h7-8,12,14,18-19H,5-6,9-11,13H2,1-4H3,(H,22,26)/t18-,19+/m1/s1. The van der Waals surface area contributed by atoms with Gasteiger partial charge in [-0.05, 0) is 57.2 Å². The molecule has 5 nitrogen and oxygen atoms in total. The fourth-order valence-corrected chi connectivity index (χ4v) is 4.23. The fourth-order valence-electron chi connectivity index (χ4n) is 4.23. The molecular formula is C21H31N3O2. The predicted octanol–water partition coefficient (Wildman–Crippen LogP) is 2.57. The highest BCUT2D eigenvalue weighted by molar-refractivity contribution is 5.89. The van der Waals surface area contributed by atoms with E-state index in [1.807, 2.05) is 4.90 Å². The monoisotopic (exact) mass is 357 g/mol. The number of nitrogens with zero attached hydrogens (tertiary/aromatic N) is 2. The van der Waals surface area contributed by atoms with Crippen LogP contribution in [0, 0.1) is 13.8 Å². The molecule has 2 fully saturated rings. The van der Waals surface area contributed by atoms with Gasteiger partial charge in [-0.25, -0.2) is 0 Å². The summed E-state index contributed by atoms with van der Waals surface area (Å²) in [5.41, 5.74) is 3.75. The van der Waals surface area contributed by atoms with Crippen molar-refractivity contribution in [2.45, 2.75) is 65.1 Å². The van der Waals surface area contributed by atoms with Crippen molar-refractivity contribution >= 4 is 11.8 Å². The second kappa shape index (κ2) is 7.78. The molecule has 2 heterocycles. The van der Waals surface area contributed by atoms with Crippen molar-refractivity contribution in [1.29, 1.82) is 0 Å². The minimum absolute atomic E-state index is 0.0137. The first kappa shape index (κ1) is 18.9. The van der Waals surface area contributed by atoms with Gasteiger partial charge in [-0.15, -0.1) is 0 Å². The number of aryl methyl sites for hydroxylation is 2. The van der Waals surface area contributed by atoms with Crippen molar-refractivity contribution in [3.05, 3.63) is 34.9 Å². The number of hydrogen-bond acceptors (Lipinski definition) is 3. The van der Waals surface area contributed by atoms with Gasteiger partial charge in [0.25, 0.3) is 0 Å². The SMILES string of the molecule is Cc1ccc([C@H]2CCCN2C(=O)C[C@H]2C(=O)NCCN2C(C)C)cc1C. The number of likely N-dealkylation sites (tertiary alicyclic amines) is 1. The van der Waals surface area contributed by atoms with E-state index in [4.69, 9.17) is 0 Å². The normalized spacial score (nSPS) is 24.2. The number of carbonyl (C=O) groups excluding carboxylic acids is 2. The van der Waals surface area contributed by atoms with Gasteiger partial charge in [0, 0.05) is 25.7 Å². The zero-order valence-electron chi connectivity index (χ0n) is 16.4. The van der Waals surface area contributed by atoms with Crippen LogP contribution in [0.2, 0.25) is 0 Å². The Morgan fingerprint density at radius 2 is 2.00 bits per heavy atom. The molecule has 0 saturated carbocycles. The molecule has 1 N–H and O–H groups in total. The van der Waals surface area contributed by atoms with Gasteiger partial charge in [-0.3, -0.25) is 14.5 Å². The lowest BCUT2D eigenvalue weighted by atomic mass is 9.99. The quantitative estimate of drug-likeness (QED) is 0.901. The van der Waals surface area contributed by atoms with Gasteiger partial charge in [0.05, 0.1) is 18.5 Å². The molecule has 26 heavy (non-hydrogen) atoms. The first-order chi connectivity index (χ1) is 12.4. The molecule has 2 aliphatic heterocycles. The zero-order valence-corrected chi connectivity index (χ0v) is 16.4. The van der Waals surface area contributed by atoms with Crippen molar-refractivity contribution in [3.63, 3.8) is 0 Å². The Labute approximate surface area is 156 Å². The lowest BCUT2D eigenvalue weighted by molar-refractivity contribution is -0.140. The van der Waals surface area contributed by atoms with Gasteiger partial charge in [-0.1, -0.05) is 18.2 Å². The molecule has 142 valence electrons. The summed E-state index contributed by atoms with van der Waals surface area (Å²) in [4.78, 5) is 29.6. The van der Waals surface area contributed by atoms with Gasteiger partial charge < -0.3 is 10.2 Å². The van der Waals surface area contributed by atoms with E-state index in [1.54, 1.807) is 0 Å². The molecule has 2 aliphatic rings. The van der Waals surface area contributed by atoms with Crippen LogP contribution in [-0.2, 0) is 9.59 Å². The maximum Gasteiger partial charge on any atom is 0.237 e. The molecule has 0 unspecified atom stereocenters. The van der Waals surface area contributed by atoms with E-state index in [0.717, 1.165) is 25.9 Å². The second-order valence-electron chi connectivity index (χ2n) is 7.93. The zero-order chi connectivity index (χ0) is 18.8. The number of nitrogens with one attached hydrogen (secondary N) is 1.